The zero-order chi connectivity index (χ0) is 20.5. The molecule has 0 aliphatic heterocycles. The third kappa shape index (κ3) is 6.19. The summed E-state index contributed by atoms with van der Waals surface area (Å²) in [6.45, 7) is 1.79. The Morgan fingerprint density at radius 1 is 1.04 bits per heavy atom. The molecule has 0 aliphatic carbocycles. The van der Waals surface area contributed by atoms with Crippen LogP contribution in [0.2, 0.25) is 0 Å². The van der Waals surface area contributed by atoms with Crippen LogP contribution in [0.15, 0.2) is 42.5 Å². The highest BCUT2D eigenvalue weighted by atomic mass is 16.5. The minimum absolute atomic E-state index is 0.0772. The molecule has 0 aromatic heterocycles. The Labute approximate surface area is 164 Å². The third-order valence-electron chi connectivity index (χ3n) is 4.16. The Morgan fingerprint density at radius 2 is 1.79 bits per heavy atom. The predicted molar refractivity (Wildman–Crippen MR) is 104 cm³/mol. The van der Waals surface area contributed by atoms with E-state index in [0.29, 0.717) is 30.2 Å². The van der Waals surface area contributed by atoms with Gasteiger partial charge in [0.15, 0.2) is 18.1 Å². The topological polar surface area (TPSA) is 94.1 Å². The number of hydrogen-bond donors (Lipinski definition) is 2. The van der Waals surface area contributed by atoms with Crippen LogP contribution in [0.3, 0.4) is 0 Å². The van der Waals surface area contributed by atoms with Crippen molar-refractivity contribution in [2.24, 2.45) is 5.92 Å². The number of carboxylic acids is 1. The number of benzene rings is 2. The van der Waals surface area contributed by atoms with Crippen LogP contribution in [0.5, 0.6) is 17.2 Å². The molecular formula is C21H25NO6. The van der Waals surface area contributed by atoms with Crippen molar-refractivity contribution in [1.82, 2.24) is 5.32 Å². The first-order valence-corrected chi connectivity index (χ1v) is 8.85. The van der Waals surface area contributed by atoms with Crippen molar-refractivity contribution < 1.29 is 28.9 Å². The van der Waals surface area contributed by atoms with Gasteiger partial charge in [-0.05, 0) is 41.8 Å². The maximum atomic E-state index is 12.4. The van der Waals surface area contributed by atoms with Crippen LogP contribution in [0.25, 0.3) is 0 Å². The van der Waals surface area contributed by atoms with Gasteiger partial charge >= 0.3 is 5.97 Å². The van der Waals surface area contributed by atoms with Crippen molar-refractivity contribution in [3.8, 4) is 17.2 Å². The van der Waals surface area contributed by atoms with Crippen LogP contribution in [0.1, 0.15) is 18.1 Å². The molecule has 0 saturated carbocycles. The zero-order valence-electron chi connectivity index (χ0n) is 16.2. The normalized spacial score (nSPS) is 11.4. The van der Waals surface area contributed by atoms with Crippen molar-refractivity contribution in [2.45, 2.75) is 19.9 Å². The van der Waals surface area contributed by atoms with Gasteiger partial charge in [-0.15, -0.1) is 0 Å². The number of rotatable bonds is 10. The molecule has 2 aromatic rings. The average Bonchev–Trinajstić information content (AvgIpc) is 2.70. The lowest BCUT2D eigenvalue weighted by Gasteiger charge is -2.14. The van der Waals surface area contributed by atoms with Gasteiger partial charge in [0.25, 0.3) is 0 Å². The largest absolute Gasteiger partial charge is 0.493 e. The van der Waals surface area contributed by atoms with E-state index in [2.05, 4.69) is 5.32 Å². The molecule has 150 valence electrons. The van der Waals surface area contributed by atoms with Gasteiger partial charge in [0, 0.05) is 12.5 Å². The van der Waals surface area contributed by atoms with Gasteiger partial charge < -0.3 is 24.6 Å². The molecular weight excluding hydrogens is 362 g/mol. The average molecular weight is 387 g/mol. The monoisotopic (exact) mass is 387 g/mol. The first-order chi connectivity index (χ1) is 13.4. The summed E-state index contributed by atoms with van der Waals surface area (Å²) in [6, 6.07) is 12.6. The van der Waals surface area contributed by atoms with E-state index in [0.717, 1.165) is 11.1 Å². The number of hydrogen-bond acceptors (Lipinski definition) is 5. The van der Waals surface area contributed by atoms with Gasteiger partial charge in [0.2, 0.25) is 5.91 Å². The summed E-state index contributed by atoms with van der Waals surface area (Å²) in [5.74, 6) is 0.380. The van der Waals surface area contributed by atoms with Crippen LogP contribution in [-0.4, -0.2) is 37.8 Å². The summed E-state index contributed by atoms with van der Waals surface area (Å²) in [5.41, 5.74) is 1.80. The number of carbonyl (C=O) groups is 2. The van der Waals surface area contributed by atoms with Crippen molar-refractivity contribution in [3.05, 3.63) is 53.6 Å². The van der Waals surface area contributed by atoms with Crippen molar-refractivity contribution >= 4 is 11.9 Å². The number of methoxy groups -OCH3 is 2. The summed E-state index contributed by atoms with van der Waals surface area (Å²) < 4.78 is 15.7. The number of nitrogens with one attached hydrogen (secondary N) is 1. The Hall–Kier alpha value is -3.22. The molecule has 2 N–H and O–H groups in total. The van der Waals surface area contributed by atoms with Crippen molar-refractivity contribution in [1.29, 1.82) is 0 Å². The summed E-state index contributed by atoms with van der Waals surface area (Å²) in [7, 11) is 3.15. The van der Waals surface area contributed by atoms with Gasteiger partial charge in [0.1, 0.15) is 5.75 Å². The van der Waals surface area contributed by atoms with Crippen LogP contribution in [0.4, 0.5) is 0 Å². The molecule has 7 heteroatoms. The molecule has 0 aliphatic rings. The highest BCUT2D eigenvalue weighted by Crippen LogP contribution is 2.28. The highest BCUT2D eigenvalue weighted by molar-refractivity contribution is 5.78. The molecule has 2 aromatic carbocycles. The van der Waals surface area contributed by atoms with E-state index < -0.39 is 12.6 Å². The van der Waals surface area contributed by atoms with E-state index >= 15 is 0 Å². The van der Waals surface area contributed by atoms with E-state index in [1.807, 2.05) is 31.2 Å². The number of amides is 1. The molecule has 28 heavy (non-hydrogen) atoms. The van der Waals surface area contributed by atoms with Crippen LogP contribution >= 0.6 is 0 Å². The van der Waals surface area contributed by atoms with E-state index in [9.17, 15) is 9.59 Å². The molecule has 0 bridgehead atoms. The van der Waals surface area contributed by atoms with Gasteiger partial charge in [-0.1, -0.05) is 25.1 Å². The van der Waals surface area contributed by atoms with Gasteiger partial charge in [-0.2, -0.15) is 0 Å². The smallest absolute Gasteiger partial charge is 0.341 e. The van der Waals surface area contributed by atoms with E-state index in [-0.39, 0.29) is 11.8 Å². The SMILES string of the molecule is COc1ccc(CC(C)C(=O)NCc2cccc(OCC(=O)O)c2)cc1OC. The lowest BCUT2D eigenvalue weighted by Crippen LogP contribution is -2.29. The molecule has 0 radical (unpaired) electrons. The number of ether oxygens (including phenoxy) is 3. The fraction of sp³-hybridized carbons (Fsp3) is 0.333. The number of carboxylic acid groups (broad SMARTS) is 1. The molecule has 0 saturated heterocycles. The molecule has 7 nitrogen and oxygen atoms in total. The highest BCUT2D eigenvalue weighted by Gasteiger charge is 2.15. The first-order valence-electron chi connectivity index (χ1n) is 8.85. The minimum atomic E-state index is -1.04. The van der Waals surface area contributed by atoms with Gasteiger partial charge in [-0.25, -0.2) is 4.79 Å². The second-order valence-electron chi connectivity index (χ2n) is 6.34. The number of aliphatic carboxylic acids is 1. The minimum Gasteiger partial charge on any atom is -0.493 e. The second kappa shape index (κ2) is 10.2. The summed E-state index contributed by atoms with van der Waals surface area (Å²) in [4.78, 5) is 23.0. The maximum absolute atomic E-state index is 12.4. The quantitative estimate of drug-likeness (QED) is 0.651. The summed E-state index contributed by atoms with van der Waals surface area (Å²) in [6.07, 6.45) is 0.563. The molecule has 1 unspecified atom stereocenters. The second-order valence-corrected chi connectivity index (χ2v) is 6.34. The van der Waals surface area contributed by atoms with Gasteiger partial charge in [-0.3, -0.25) is 4.79 Å². The van der Waals surface area contributed by atoms with Crippen molar-refractivity contribution in [3.63, 3.8) is 0 Å². The maximum Gasteiger partial charge on any atom is 0.341 e. The lowest BCUT2D eigenvalue weighted by atomic mass is 10.00. The standard InChI is InChI=1S/C21H25NO6/c1-14(9-15-7-8-18(26-2)19(11-15)27-3)21(25)22-12-16-5-4-6-17(10-16)28-13-20(23)24/h4-8,10-11,14H,9,12-13H2,1-3H3,(H,22,25)(H,23,24). The Kier molecular flexibility index (Phi) is 7.68. The summed E-state index contributed by atoms with van der Waals surface area (Å²) in [5, 5.41) is 11.6. The Balaban J connectivity index is 1.90. The van der Waals surface area contributed by atoms with Crippen LogP contribution in [0, 0.1) is 5.92 Å². The van der Waals surface area contributed by atoms with Crippen LogP contribution in [-0.2, 0) is 22.6 Å². The molecule has 0 spiro atoms. The van der Waals surface area contributed by atoms with Crippen LogP contribution < -0.4 is 19.5 Å². The molecule has 0 heterocycles. The molecule has 1 amide bonds. The fourth-order valence-electron chi connectivity index (χ4n) is 2.71. The third-order valence-corrected chi connectivity index (χ3v) is 4.16. The number of carbonyl (C=O) groups excluding carboxylic acids is 1. The van der Waals surface area contributed by atoms with E-state index in [1.54, 1.807) is 32.4 Å². The fourth-order valence-corrected chi connectivity index (χ4v) is 2.71. The first kappa shape index (κ1) is 21.1. The van der Waals surface area contributed by atoms with E-state index in [4.69, 9.17) is 19.3 Å². The zero-order valence-corrected chi connectivity index (χ0v) is 16.2. The predicted octanol–water partition coefficient (Wildman–Crippen LogP) is 2.66. The van der Waals surface area contributed by atoms with Gasteiger partial charge in [0.05, 0.1) is 14.2 Å². The Bertz CT molecular complexity index is 820. The summed E-state index contributed by atoms with van der Waals surface area (Å²) >= 11 is 0. The Morgan fingerprint density at radius 3 is 2.46 bits per heavy atom. The lowest BCUT2D eigenvalue weighted by molar-refractivity contribution is -0.139. The molecule has 1 atom stereocenters. The van der Waals surface area contributed by atoms with Crippen molar-refractivity contribution in [2.75, 3.05) is 20.8 Å². The molecule has 2 rings (SSSR count). The molecule has 0 fully saturated rings. The van der Waals surface area contributed by atoms with E-state index in [1.165, 1.54) is 0 Å².